The number of thiazole rings is 1. The molecule has 0 bridgehead atoms. The Balaban J connectivity index is 1.54. The van der Waals surface area contributed by atoms with Crippen molar-refractivity contribution in [1.29, 1.82) is 0 Å². The molecule has 118 valence electrons. The first-order valence-electron chi connectivity index (χ1n) is 7.47. The van der Waals surface area contributed by atoms with Gasteiger partial charge in [-0.2, -0.15) is 0 Å². The molecule has 3 aromatic rings. The molecule has 0 aliphatic heterocycles. The van der Waals surface area contributed by atoms with Crippen LogP contribution in [0.1, 0.15) is 17.5 Å². The summed E-state index contributed by atoms with van der Waals surface area (Å²) in [4.78, 5) is 17.8. The monoisotopic (exact) mass is 342 g/mol. The summed E-state index contributed by atoms with van der Waals surface area (Å²) < 4.78 is 1.11. The van der Waals surface area contributed by atoms with Crippen molar-refractivity contribution < 1.29 is 4.79 Å². The van der Waals surface area contributed by atoms with Gasteiger partial charge >= 0.3 is 0 Å². The van der Waals surface area contributed by atoms with E-state index in [-0.39, 0.29) is 5.91 Å². The number of nitrogens with zero attached hydrogens (tertiary/aromatic N) is 1. The van der Waals surface area contributed by atoms with Crippen molar-refractivity contribution in [2.24, 2.45) is 0 Å². The molecule has 0 saturated heterocycles. The number of thioether (sulfide) groups is 1. The Kier molecular flexibility index (Phi) is 4.98. The first-order chi connectivity index (χ1) is 11.1. The molecule has 2 aromatic carbocycles. The van der Waals surface area contributed by atoms with Crippen LogP contribution in [0.5, 0.6) is 0 Å². The minimum absolute atomic E-state index is 0.0151. The van der Waals surface area contributed by atoms with E-state index in [2.05, 4.69) is 41.5 Å². The number of benzene rings is 2. The highest BCUT2D eigenvalue weighted by molar-refractivity contribution is 7.99. The summed E-state index contributed by atoms with van der Waals surface area (Å²) >= 11 is 3.22. The second kappa shape index (κ2) is 7.15. The van der Waals surface area contributed by atoms with Crippen LogP contribution in [-0.4, -0.2) is 16.6 Å². The minimum atomic E-state index is 0.0151. The predicted octanol–water partition coefficient (Wildman–Crippen LogP) is 5.03. The van der Waals surface area contributed by atoms with Crippen LogP contribution in [0, 0.1) is 13.8 Å². The lowest BCUT2D eigenvalue weighted by Gasteiger charge is -2.03. The van der Waals surface area contributed by atoms with Crippen molar-refractivity contribution in [2.75, 3.05) is 11.1 Å². The fourth-order valence-corrected chi connectivity index (χ4v) is 4.03. The maximum Gasteiger partial charge on any atom is 0.226 e. The highest BCUT2D eigenvalue weighted by atomic mass is 32.2. The standard InChI is InChI=1S/C18H18N2OS2/c1-12-6-8-14(9-7-12)22-11-10-16(21)19-18-20-17-13(2)4-3-5-15(17)23-18/h3-9H,10-11H2,1-2H3,(H,19,20,21). The lowest BCUT2D eigenvalue weighted by atomic mass is 10.2. The zero-order chi connectivity index (χ0) is 16.2. The third-order valence-corrected chi connectivity index (χ3v) is 5.44. The second-order valence-corrected chi connectivity index (χ2v) is 7.60. The molecular formula is C18H18N2OS2. The van der Waals surface area contributed by atoms with E-state index in [0.717, 1.165) is 21.5 Å². The van der Waals surface area contributed by atoms with Crippen LogP contribution >= 0.6 is 23.1 Å². The van der Waals surface area contributed by atoms with Crippen molar-refractivity contribution in [1.82, 2.24) is 4.98 Å². The highest BCUT2D eigenvalue weighted by Gasteiger charge is 2.09. The fraction of sp³-hybridized carbons (Fsp3) is 0.222. The molecule has 3 nitrogen and oxygen atoms in total. The van der Waals surface area contributed by atoms with E-state index < -0.39 is 0 Å². The number of para-hydroxylation sites is 1. The molecule has 1 amide bonds. The minimum Gasteiger partial charge on any atom is -0.302 e. The zero-order valence-electron chi connectivity index (χ0n) is 13.1. The molecule has 3 rings (SSSR count). The second-order valence-electron chi connectivity index (χ2n) is 5.40. The number of amides is 1. The molecule has 0 aliphatic carbocycles. The Labute approximate surface area is 144 Å². The largest absolute Gasteiger partial charge is 0.302 e. The van der Waals surface area contributed by atoms with Gasteiger partial charge in [-0.15, -0.1) is 11.8 Å². The van der Waals surface area contributed by atoms with Crippen LogP contribution in [0.3, 0.4) is 0 Å². The van der Waals surface area contributed by atoms with Gasteiger partial charge in [0.25, 0.3) is 0 Å². The SMILES string of the molecule is Cc1ccc(SCCC(=O)Nc2nc3c(C)cccc3s2)cc1. The van der Waals surface area contributed by atoms with E-state index in [0.29, 0.717) is 11.6 Å². The van der Waals surface area contributed by atoms with E-state index in [1.54, 1.807) is 11.8 Å². The van der Waals surface area contributed by atoms with Crippen LogP contribution < -0.4 is 5.32 Å². The highest BCUT2D eigenvalue weighted by Crippen LogP contribution is 2.28. The molecule has 0 aliphatic rings. The number of aromatic nitrogens is 1. The van der Waals surface area contributed by atoms with Crippen LogP contribution in [0.4, 0.5) is 5.13 Å². The molecule has 1 heterocycles. The first-order valence-corrected chi connectivity index (χ1v) is 9.27. The van der Waals surface area contributed by atoms with Gasteiger partial charge in [-0.1, -0.05) is 41.2 Å². The Morgan fingerprint density at radius 3 is 2.70 bits per heavy atom. The molecule has 0 atom stereocenters. The van der Waals surface area contributed by atoms with Gasteiger partial charge < -0.3 is 5.32 Å². The molecule has 5 heteroatoms. The van der Waals surface area contributed by atoms with Crippen LogP contribution in [0.2, 0.25) is 0 Å². The molecular weight excluding hydrogens is 324 g/mol. The third kappa shape index (κ3) is 4.12. The van der Waals surface area contributed by atoms with Crippen LogP contribution in [0.25, 0.3) is 10.2 Å². The van der Waals surface area contributed by atoms with Crippen molar-refractivity contribution in [3.05, 3.63) is 53.6 Å². The number of anilines is 1. The van der Waals surface area contributed by atoms with E-state index in [1.165, 1.54) is 21.8 Å². The summed E-state index contributed by atoms with van der Waals surface area (Å²) in [5.74, 6) is 0.778. The van der Waals surface area contributed by atoms with Gasteiger partial charge in [0.15, 0.2) is 5.13 Å². The molecule has 1 aromatic heterocycles. The summed E-state index contributed by atoms with van der Waals surface area (Å²) in [7, 11) is 0. The zero-order valence-corrected chi connectivity index (χ0v) is 14.8. The molecule has 0 spiro atoms. The van der Waals surface area contributed by atoms with Crippen molar-refractivity contribution in [2.45, 2.75) is 25.2 Å². The molecule has 0 radical (unpaired) electrons. The Morgan fingerprint density at radius 1 is 1.17 bits per heavy atom. The van der Waals surface area contributed by atoms with Crippen LogP contribution in [0.15, 0.2) is 47.4 Å². The van der Waals surface area contributed by atoms with Gasteiger partial charge in [0.2, 0.25) is 5.91 Å². The Bertz CT molecular complexity index is 825. The first kappa shape index (κ1) is 16.0. The van der Waals surface area contributed by atoms with Crippen molar-refractivity contribution >= 4 is 44.4 Å². The Morgan fingerprint density at radius 2 is 1.96 bits per heavy atom. The molecule has 0 saturated carbocycles. The van der Waals surface area contributed by atoms with Gasteiger partial charge in [-0.25, -0.2) is 4.98 Å². The van der Waals surface area contributed by atoms with Crippen LogP contribution in [-0.2, 0) is 4.79 Å². The maximum absolute atomic E-state index is 12.1. The summed E-state index contributed by atoms with van der Waals surface area (Å²) in [6.07, 6.45) is 0.480. The lowest BCUT2D eigenvalue weighted by Crippen LogP contribution is -2.11. The third-order valence-electron chi connectivity index (χ3n) is 3.49. The van der Waals surface area contributed by atoms with Gasteiger partial charge in [-0.3, -0.25) is 4.79 Å². The number of hydrogen-bond acceptors (Lipinski definition) is 4. The molecule has 0 unspecified atom stereocenters. The number of carbonyl (C=O) groups is 1. The molecule has 1 N–H and O–H groups in total. The number of fused-ring (bicyclic) bond motifs is 1. The number of aryl methyl sites for hydroxylation is 2. The Hall–Kier alpha value is -1.85. The summed E-state index contributed by atoms with van der Waals surface area (Å²) in [6.45, 7) is 4.10. The van der Waals surface area contributed by atoms with Gasteiger partial charge in [0.1, 0.15) is 0 Å². The fourth-order valence-electron chi connectivity index (χ4n) is 2.22. The topological polar surface area (TPSA) is 42.0 Å². The maximum atomic E-state index is 12.1. The van der Waals surface area contributed by atoms with Gasteiger partial charge in [-0.05, 0) is 37.6 Å². The van der Waals surface area contributed by atoms with E-state index >= 15 is 0 Å². The summed E-state index contributed by atoms with van der Waals surface area (Å²) in [5.41, 5.74) is 3.36. The van der Waals surface area contributed by atoms with Crippen molar-refractivity contribution in [3.63, 3.8) is 0 Å². The molecule has 23 heavy (non-hydrogen) atoms. The average Bonchev–Trinajstić information content (AvgIpc) is 2.93. The predicted molar refractivity (Wildman–Crippen MR) is 99.5 cm³/mol. The number of nitrogens with one attached hydrogen (secondary N) is 1. The van der Waals surface area contributed by atoms with Gasteiger partial charge in [0, 0.05) is 17.1 Å². The van der Waals surface area contributed by atoms with Crippen molar-refractivity contribution in [3.8, 4) is 0 Å². The quantitative estimate of drug-likeness (QED) is 0.661. The normalized spacial score (nSPS) is 10.9. The number of hydrogen-bond donors (Lipinski definition) is 1. The molecule has 0 fully saturated rings. The lowest BCUT2D eigenvalue weighted by molar-refractivity contribution is -0.115. The number of rotatable bonds is 5. The van der Waals surface area contributed by atoms with E-state index in [1.807, 2.05) is 25.1 Å². The van der Waals surface area contributed by atoms with E-state index in [4.69, 9.17) is 0 Å². The average molecular weight is 342 g/mol. The van der Waals surface area contributed by atoms with Gasteiger partial charge in [0.05, 0.1) is 10.2 Å². The van der Waals surface area contributed by atoms with E-state index in [9.17, 15) is 4.79 Å². The smallest absolute Gasteiger partial charge is 0.226 e. The summed E-state index contributed by atoms with van der Waals surface area (Å²) in [6, 6.07) is 14.4. The number of carbonyl (C=O) groups excluding carboxylic acids is 1. The summed E-state index contributed by atoms with van der Waals surface area (Å²) in [5, 5.41) is 3.59.